The molecule has 16 heavy (non-hydrogen) atoms. The van der Waals surface area contributed by atoms with Gasteiger partial charge in [0, 0.05) is 11.5 Å². The van der Waals surface area contributed by atoms with Gasteiger partial charge in [0.05, 0.1) is 0 Å². The molecule has 1 heteroatoms. The van der Waals surface area contributed by atoms with Gasteiger partial charge in [0.2, 0.25) is 0 Å². The highest BCUT2D eigenvalue weighted by Gasteiger charge is 2.12. The number of aryl methyl sites for hydroxylation is 1. The van der Waals surface area contributed by atoms with Gasteiger partial charge in [-0.05, 0) is 30.9 Å². The number of hydrogen-bond acceptors (Lipinski definition) is 1. The molecule has 88 valence electrons. The fourth-order valence-electron chi connectivity index (χ4n) is 1.73. The Morgan fingerprint density at radius 3 is 2.69 bits per heavy atom. The lowest BCUT2D eigenvalue weighted by molar-refractivity contribution is 0.0927. The average Bonchev–Trinajstić information content (AvgIpc) is 2.34. The van der Waals surface area contributed by atoms with Crippen LogP contribution in [-0.4, -0.2) is 5.78 Å². The molecule has 0 fully saturated rings. The van der Waals surface area contributed by atoms with Crippen LogP contribution in [0.4, 0.5) is 0 Å². The molecular weight excluding hydrogens is 196 g/mol. The summed E-state index contributed by atoms with van der Waals surface area (Å²) in [4.78, 5) is 12.0. The molecule has 1 aromatic carbocycles. The van der Waals surface area contributed by atoms with Gasteiger partial charge in [-0.2, -0.15) is 0 Å². The zero-order chi connectivity index (χ0) is 12.0. The van der Waals surface area contributed by atoms with Crippen LogP contribution in [-0.2, 0) is 6.42 Å². The summed E-state index contributed by atoms with van der Waals surface area (Å²) in [7, 11) is 0. The number of carbonyl (C=O) groups is 1. The Morgan fingerprint density at radius 1 is 1.31 bits per heavy atom. The third-order valence-electron chi connectivity index (χ3n) is 3.09. The first-order chi connectivity index (χ1) is 7.69. The summed E-state index contributed by atoms with van der Waals surface area (Å²) in [6, 6.07) is 8.11. The molecule has 0 saturated heterocycles. The van der Waals surface area contributed by atoms with E-state index >= 15 is 0 Å². The van der Waals surface area contributed by atoms with Crippen LogP contribution >= 0.6 is 0 Å². The van der Waals surface area contributed by atoms with Crippen molar-refractivity contribution in [3.63, 3.8) is 0 Å². The van der Waals surface area contributed by atoms with Crippen LogP contribution in [0.15, 0.2) is 24.3 Å². The first-order valence-electron chi connectivity index (χ1n) is 6.32. The highest BCUT2D eigenvalue weighted by molar-refractivity contribution is 5.97. The van der Waals surface area contributed by atoms with E-state index in [1.165, 1.54) is 18.4 Å². The fourth-order valence-corrected chi connectivity index (χ4v) is 1.73. The maximum atomic E-state index is 12.0. The summed E-state index contributed by atoms with van der Waals surface area (Å²) in [5.41, 5.74) is 2.17. The molecule has 0 aliphatic rings. The van der Waals surface area contributed by atoms with E-state index in [1.54, 1.807) is 0 Å². The van der Waals surface area contributed by atoms with Gasteiger partial charge in [0.15, 0.2) is 5.78 Å². The second-order valence-corrected chi connectivity index (χ2v) is 4.48. The highest BCUT2D eigenvalue weighted by atomic mass is 16.1. The summed E-state index contributed by atoms with van der Waals surface area (Å²) < 4.78 is 0. The van der Waals surface area contributed by atoms with Crippen LogP contribution in [0, 0.1) is 5.92 Å². The van der Waals surface area contributed by atoms with Crippen molar-refractivity contribution in [3.8, 4) is 0 Å². The van der Waals surface area contributed by atoms with Crippen LogP contribution < -0.4 is 0 Å². The van der Waals surface area contributed by atoms with Gasteiger partial charge in [-0.3, -0.25) is 4.79 Å². The molecule has 1 rings (SSSR count). The second kappa shape index (κ2) is 6.47. The second-order valence-electron chi connectivity index (χ2n) is 4.48. The van der Waals surface area contributed by atoms with Crippen molar-refractivity contribution in [2.24, 2.45) is 5.92 Å². The summed E-state index contributed by atoms with van der Waals surface area (Å²) in [5.74, 6) is 0.419. The third-order valence-corrected chi connectivity index (χ3v) is 3.09. The van der Waals surface area contributed by atoms with Gasteiger partial charge in [0.1, 0.15) is 0 Å². The Labute approximate surface area is 98.9 Å². The van der Waals surface area contributed by atoms with E-state index in [9.17, 15) is 4.79 Å². The quantitative estimate of drug-likeness (QED) is 0.652. The van der Waals surface area contributed by atoms with Crippen molar-refractivity contribution >= 4 is 5.78 Å². The number of benzene rings is 1. The van der Waals surface area contributed by atoms with Crippen molar-refractivity contribution in [3.05, 3.63) is 35.4 Å². The van der Waals surface area contributed by atoms with Gasteiger partial charge in [-0.25, -0.2) is 0 Å². The molecule has 0 N–H and O–H groups in total. The molecule has 1 atom stereocenters. The van der Waals surface area contributed by atoms with Gasteiger partial charge in [-0.15, -0.1) is 0 Å². The van der Waals surface area contributed by atoms with Gasteiger partial charge in [-0.1, -0.05) is 45.4 Å². The zero-order valence-corrected chi connectivity index (χ0v) is 10.6. The predicted molar refractivity (Wildman–Crippen MR) is 68.8 cm³/mol. The van der Waals surface area contributed by atoms with Crippen LogP contribution in [0.2, 0.25) is 0 Å². The molecule has 0 aliphatic carbocycles. The smallest absolute Gasteiger partial charge is 0.165 e. The van der Waals surface area contributed by atoms with Crippen LogP contribution in [0.1, 0.15) is 56.0 Å². The number of ketones is 1. The molecule has 1 nitrogen and oxygen atoms in total. The standard InChI is InChI=1S/C15H22O/c1-4-6-8-13-9-7-10-14(11-13)15(16)12(3)5-2/h7,9-12H,4-6,8H2,1-3H3. The predicted octanol–water partition coefficient (Wildman–Crippen LogP) is 4.26. The zero-order valence-electron chi connectivity index (χ0n) is 10.6. The maximum Gasteiger partial charge on any atom is 0.165 e. The minimum absolute atomic E-state index is 0.140. The SMILES string of the molecule is CCCCc1cccc(C(=O)C(C)CC)c1. The fraction of sp³-hybridized carbons (Fsp3) is 0.533. The summed E-state index contributed by atoms with van der Waals surface area (Å²) >= 11 is 0. The van der Waals surface area contributed by atoms with Crippen LogP contribution in [0.25, 0.3) is 0 Å². The number of carbonyl (C=O) groups excluding carboxylic acids is 1. The molecule has 0 heterocycles. The van der Waals surface area contributed by atoms with E-state index in [0.29, 0.717) is 0 Å². The molecule has 0 aliphatic heterocycles. The molecule has 0 bridgehead atoms. The topological polar surface area (TPSA) is 17.1 Å². The Kier molecular flexibility index (Phi) is 5.24. The Balaban J connectivity index is 2.77. The lowest BCUT2D eigenvalue weighted by atomic mass is 9.95. The monoisotopic (exact) mass is 218 g/mol. The number of unbranched alkanes of at least 4 members (excludes halogenated alkanes) is 1. The molecule has 0 aromatic heterocycles. The average molecular weight is 218 g/mol. The largest absolute Gasteiger partial charge is 0.294 e. The van der Waals surface area contributed by atoms with Gasteiger partial charge in [0.25, 0.3) is 0 Å². The van der Waals surface area contributed by atoms with E-state index in [4.69, 9.17) is 0 Å². The highest BCUT2D eigenvalue weighted by Crippen LogP contribution is 2.14. The molecular formula is C15H22O. The van der Waals surface area contributed by atoms with E-state index in [-0.39, 0.29) is 11.7 Å². The summed E-state index contributed by atoms with van der Waals surface area (Å²) in [6.07, 6.45) is 4.39. The van der Waals surface area contributed by atoms with Crippen molar-refractivity contribution in [2.75, 3.05) is 0 Å². The van der Waals surface area contributed by atoms with E-state index < -0.39 is 0 Å². The summed E-state index contributed by atoms with van der Waals surface area (Å²) in [5, 5.41) is 0. The first-order valence-corrected chi connectivity index (χ1v) is 6.32. The molecule has 1 unspecified atom stereocenters. The van der Waals surface area contributed by atoms with E-state index in [2.05, 4.69) is 26.0 Å². The van der Waals surface area contributed by atoms with Crippen molar-refractivity contribution in [2.45, 2.75) is 46.5 Å². The molecule has 0 radical (unpaired) electrons. The van der Waals surface area contributed by atoms with Crippen LogP contribution in [0.5, 0.6) is 0 Å². The molecule has 0 saturated carbocycles. The van der Waals surface area contributed by atoms with E-state index in [1.807, 2.05) is 19.1 Å². The van der Waals surface area contributed by atoms with E-state index in [0.717, 1.165) is 18.4 Å². The maximum absolute atomic E-state index is 12.0. The summed E-state index contributed by atoms with van der Waals surface area (Å²) in [6.45, 7) is 6.25. The number of Topliss-reactive ketones (excluding diaryl/α,β-unsaturated/α-hetero) is 1. The Morgan fingerprint density at radius 2 is 2.06 bits per heavy atom. The molecule has 0 spiro atoms. The minimum atomic E-state index is 0.140. The lowest BCUT2D eigenvalue weighted by Gasteiger charge is -2.08. The van der Waals surface area contributed by atoms with Crippen molar-refractivity contribution < 1.29 is 4.79 Å². The third kappa shape index (κ3) is 3.48. The van der Waals surface area contributed by atoms with Crippen LogP contribution in [0.3, 0.4) is 0 Å². The molecule has 1 aromatic rings. The normalized spacial score (nSPS) is 12.4. The number of rotatable bonds is 6. The van der Waals surface area contributed by atoms with Gasteiger partial charge < -0.3 is 0 Å². The lowest BCUT2D eigenvalue weighted by Crippen LogP contribution is -2.10. The van der Waals surface area contributed by atoms with Gasteiger partial charge >= 0.3 is 0 Å². The Bertz CT molecular complexity index is 341. The molecule has 0 amide bonds. The van der Waals surface area contributed by atoms with Crippen molar-refractivity contribution in [1.82, 2.24) is 0 Å². The minimum Gasteiger partial charge on any atom is -0.294 e. The number of hydrogen-bond donors (Lipinski definition) is 0. The Hall–Kier alpha value is -1.11. The van der Waals surface area contributed by atoms with Crippen molar-refractivity contribution in [1.29, 1.82) is 0 Å². The first kappa shape index (κ1) is 13.0.